The van der Waals surface area contributed by atoms with E-state index in [0.29, 0.717) is 5.69 Å². The van der Waals surface area contributed by atoms with Crippen LogP contribution in [0.2, 0.25) is 0 Å². The van der Waals surface area contributed by atoms with Crippen LogP contribution in [0.3, 0.4) is 0 Å². The molecule has 1 aromatic heterocycles. The molecule has 0 radical (unpaired) electrons. The number of fused-ring (bicyclic) bond motifs is 1. The van der Waals surface area contributed by atoms with Crippen LogP contribution in [0.25, 0.3) is 10.2 Å². The number of allylic oxidation sites excluding steroid dienone is 2. The first-order valence-corrected chi connectivity index (χ1v) is 5.76. The van der Waals surface area contributed by atoms with Crippen LogP contribution < -0.4 is 11.1 Å². The van der Waals surface area contributed by atoms with Crippen molar-refractivity contribution in [3.8, 4) is 0 Å². The lowest BCUT2D eigenvalue weighted by Crippen LogP contribution is -1.93. The lowest BCUT2D eigenvalue weighted by molar-refractivity contribution is 1.41. The van der Waals surface area contributed by atoms with Crippen molar-refractivity contribution < 1.29 is 0 Å². The molecule has 0 saturated heterocycles. The van der Waals surface area contributed by atoms with Crippen LogP contribution in [0.5, 0.6) is 0 Å². The molecule has 0 spiro atoms. The molecule has 1 aromatic carbocycles. The summed E-state index contributed by atoms with van der Waals surface area (Å²) in [7, 11) is 0. The predicted molar refractivity (Wildman–Crippen MR) is 71.6 cm³/mol. The molecular formula is C12H13N3S. The molecule has 2 aromatic rings. The van der Waals surface area contributed by atoms with Crippen LogP contribution in [-0.2, 0) is 0 Å². The van der Waals surface area contributed by atoms with Gasteiger partial charge < -0.3 is 11.1 Å². The zero-order valence-corrected chi connectivity index (χ0v) is 9.84. The van der Waals surface area contributed by atoms with Crippen molar-refractivity contribution in [2.45, 2.75) is 6.92 Å². The standard InChI is InChI=1S/C12H13N3S/c1-3-5-8(2)14-12-15-11-9(13)6-4-7-10(11)16-12/h3-7H,2,13H2,1H3,(H,14,15)/b5-3-. The zero-order valence-electron chi connectivity index (χ0n) is 9.03. The molecule has 1 heterocycles. The molecule has 0 saturated carbocycles. The van der Waals surface area contributed by atoms with E-state index in [1.807, 2.05) is 37.3 Å². The summed E-state index contributed by atoms with van der Waals surface area (Å²) in [5, 5.41) is 3.95. The predicted octanol–water partition coefficient (Wildman–Crippen LogP) is 3.38. The normalized spacial score (nSPS) is 11.1. The van der Waals surface area contributed by atoms with Crippen molar-refractivity contribution >= 4 is 32.4 Å². The highest BCUT2D eigenvalue weighted by Crippen LogP contribution is 2.29. The van der Waals surface area contributed by atoms with Gasteiger partial charge in [-0.3, -0.25) is 0 Å². The van der Waals surface area contributed by atoms with Gasteiger partial charge in [-0.05, 0) is 25.1 Å². The number of rotatable bonds is 3. The number of thiazole rings is 1. The van der Waals surface area contributed by atoms with E-state index in [9.17, 15) is 0 Å². The maximum Gasteiger partial charge on any atom is 0.188 e. The molecule has 3 N–H and O–H groups in total. The third-order valence-electron chi connectivity index (χ3n) is 2.09. The number of nitrogens with zero attached hydrogens (tertiary/aromatic N) is 1. The van der Waals surface area contributed by atoms with Crippen LogP contribution in [0.15, 0.2) is 42.6 Å². The molecule has 0 fully saturated rings. The Bertz CT molecular complexity index is 554. The van der Waals surface area contributed by atoms with E-state index in [0.717, 1.165) is 21.0 Å². The fraction of sp³-hybridized carbons (Fsp3) is 0.0833. The van der Waals surface area contributed by atoms with Gasteiger partial charge in [-0.1, -0.05) is 30.1 Å². The number of hydrogen-bond acceptors (Lipinski definition) is 4. The lowest BCUT2D eigenvalue weighted by atomic mass is 10.3. The highest BCUT2D eigenvalue weighted by Gasteiger charge is 2.05. The number of hydrogen-bond donors (Lipinski definition) is 2. The van der Waals surface area contributed by atoms with Gasteiger partial charge in [0.25, 0.3) is 0 Å². The second-order valence-electron chi connectivity index (χ2n) is 3.36. The van der Waals surface area contributed by atoms with E-state index < -0.39 is 0 Å². The molecule has 82 valence electrons. The summed E-state index contributed by atoms with van der Waals surface area (Å²) >= 11 is 1.57. The quantitative estimate of drug-likeness (QED) is 0.629. The molecule has 0 aliphatic carbocycles. The second kappa shape index (κ2) is 4.37. The van der Waals surface area contributed by atoms with Gasteiger partial charge in [-0.25, -0.2) is 4.98 Å². The average Bonchev–Trinajstić information content (AvgIpc) is 2.62. The van der Waals surface area contributed by atoms with E-state index in [1.165, 1.54) is 0 Å². The second-order valence-corrected chi connectivity index (χ2v) is 4.39. The smallest absolute Gasteiger partial charge is 0.188 e. The minimum atomic E-state index is 0.707. The molecule has 0 amide bonds. The Morgan fingerprint density at radius 1 is 1.56 bits per heavy atom. The highest BCUT2D eigenvalue weighted by atomic mass is 32.1. The van der Waals surface area contributed by atoms with Crippen molar-refractivity contribution in [3.63, 3.8) is 0 Å². The van der Waals surface area contributed by atoms with E-state index in [2.05, 4.69) is 16.9 Å². The van der Waals surface area contributed by atoms with Gasteiger partial charge in [0.05, 0.1) is 10.4 Å². The molecule has 0 atom stereocenters. The summed E-state index contributed by atoms with van der Waals surface area (Å²) in [5.74, 6) is 0. The Morgan fingerprint density at radius 3 is 3.06 bits per heavy atom. The van der Waals surface area contributed by atoms with Crippen LogP contribution in [0.4, 0.5) is 10.8 Å². The van der Waals surface area contributed by atoms with Crippen LogP contribution >= 0.6 is 11.3 Å². The number of nitrogens with one attached hydrogen (secondary N) is 1. The Balaban J connectivity index is 2.33. The molecule has 0 unspecified atom stereocenters. The topological polar surface area (TPSA) is 50.9 Å². The van der Waals surface area contributed by atoms with Gasteiger partial charge in [0.1, 0.15) is 5.52 Å². The Kier molecular flexibility index (Phi) is 2.92. The molecule has 4 heteroatoms. The molecular weight excluding hydrogens is 218 g/mol. The van der Waals surface area contributed by atoms with Gasteiger partial charge in [-0.2, -0.15) is 0 Å². The number of aromatic nitrogens is 1. The molecule has 3 nitrogen and oxygen atoms in total. The van der Waals surface area contributed by atoms with E-state index in [-0.39, 0.29) is 0 Å². The van der Waals surface area contributed by atoms with Gasteiger partial charge in [0.2, 0.25) is 0 Å². The Hall–Kier alpha value is -1.81. The minimum Gasteiger partial charge on any atom is -0.397 e. The maximum absolute atomic E-state index is 5.84. The van der Waals surface area contributed by atoms with E-state index in [1.54, 1.807) is 11.3 Å². The molecule has 0 aliphatic heterocycles. The van der Waals surface area contributed by atoms with E-state index in [4.69, 9.17) is 5.73 Å². The van der Waals surface area contributed by atoms with Crippen molar-refractivity contribution in [2.24, 2.45) is 0 Å². The number of nitrogen functional groups attached to an aromatic ring is 1. The summed E-state index contributed by atoms with van der Waals surface area (Å²) in [6.45, 7) is 5.82. The summed E-state index contributed by atoms with van der Waals surface area (Å²) in [6.07, 6.45) is 3.83. The number of nitrogens with two attached hydrogens (primary N) is 1. The van der Waals surface area contributed by atoms with Gasteiger partial charge in [0.15, 0.2) is 5.13 Å². The van der Waals surface area contributed by atoms with Crippen LogP contribution in [-0.4, -0.2) is 4.98 Å². The average molecular weight is 231 g/mol. The third-order valence-corrected chi connectivity index (χ3v) is 3.02. The van der Waals surface area contributed by atoms with Gasteiger partial charge in [-0.15, -0.1) is 0 Å². The summed E-state index contributed by atoms with van der Waals surface area (Å²) in [6, 6.07) is 5.79. The highest BCUT2D eigenvalue weighted by molar-refractivity contribution is 7.22. The number of para-hydroxylation sites is 1. The van der Waals surface area contributed by atoms with Gasteiger partial charge in [0, 0.05) is 5.70 Å². The zero-order chi connectivity index (χ0) is 11.5. The van der Waals surface area contributed by atoms with Crippen molar-refractivity contribution in [1.82, 2.24) is 4.98 Å². The van der Waals surface area contributed by atoms with Crippen molar-refractivity contribution in [2.75, 3.05) is 11.1 Å². The monoisotopic (exact) mass is 231 g/mol. The van der Waals surface area contributed by atoms with E-state index >= 15 is 0 Å². The first-order chi connectivity index (χ1) is 7.70. The number of benzene rings is 1. The Labute approximate surface area is 98.3 Å². The largest absolute Gasteiger partial charge is 0.397 e. The van der Waals surface area contributed by atoms with Crippen LogP contribution in [0.1, 0.15) is 6.92 Å². The first kappa shape index (κ1) is 10.7. The summed E-state index contributed by atoms with van der Waals surface area (Å²) < 4.78 is 1.08. The first-order valence-electron chi connectivity index (χ1n) is 4.94. The summed E-state index contributed by atoms with van der Waals surface area (Å²) in [5.41, 5.74) is 8.22. The van der Waals surface area contributed by atoms with Crippen LogP contribution in [0, 0.1) is 0 Å². The molecule has 0 aliphatic rings. The minimum absolute atomic E-state index is 0.707. The molecule has 16 heavy (non-hydrogen) atoms. The van der Waals surface area contributed by atoms with Crippen molar-refractivity contribution in [3.05, 3.63) is 42.6 Å². The summed E-state index contributed by atoms with van der Waals surface area (Å²) in [4.78, 5) is 4.42. The van der Waals surface area contributed by atoms with Gasteiger partial charge >= 0.3 is 0 Å². The SMILES string of the molecule is C=C(/C=C\C)Nc1nc2c(N)cccc2s1. The molecule has 0 bridgehead atoms. The van der Waals surface area contributed by atoms with Crippen molar-refractivity contribution in [1.29, 1.82) is 0 Å². The number of anilines is 2. The Morgan fingerprint density at radius 2 is 2.38 bits per heavy atom. The maximum atomic E-state index is 5.84. The lowest BCUT2D eigenvalue weighted by Gasteiger charge is -1.99. The third kappa shape index (κ3) is 2.06. The fourth-order valence-corrected chi connectivity index (χ4v) is 2.34. The molecule has 2 rings (SSSR count). The fourth-order valence-electron chi connectivity index (χ4n) is 1.40.